The lowest BCUT2D eigenvalue weighted by molar-refractivity contribution is -0.142. The molecule has 0 spiro atoms. The van der Waals surface area contributed by atoms with Crippen molar-refractivity contribution in [3.05, 3.63) is 95.4 Å². The van der Waals surface area contributed by atoms with E-state index in [0.717, 1.165) is 31.8 Å². The zero-order valence-electron chi connectivity index (χ0n) is 27.8. The second kappa shape index (κ2) is 17.4. The summed E-state index contributed by atoms with van der Waals surface area (Å²) in [4.78, 5) is 48.7. The van der Waals surface area contributed by atoms with Gasteiger partial charge in [-0.1, -0.05) is 48.2 Å². The van der Waals surface area contributed by atoms with E-state index in [4.69, 9.17) is 11.5 Å². The number of benzene rings is 3. The van der Waals surface area contributed by atoms with Crippen LogP contribution in [0.2, 0.25) is 0 Å². The van der Waals surface area contributed by atoms with Crippen molar-refractivity contribution in [3.8, 4) is 0 Å². The Morgan fingerprint density at radius 2 is 1.57 bits per heavy atom. The molecule has 3 aromatic carbocycles. The SMILES string of the molecule is CN1C(=O)[C@H](CCCCN)NC(=O)[C@H](CCCN)NCc2ccccc2Sc2ccc(F)cc2CNC(=O)[C@@H]1Cc1c[nH]c2ccccc12. The second-order valence-electron chi connectivity index (χ2n) is 12.4. The molecule has 49 heavy (non-hydrogen) atoms. The molecule has 0 aliphatic carbocycles. The first kappa shape index (κ1) is 36.1. The first-order valence-electron chi connectivity index (χ1n) is 16.9. The smallest absolute Gasteiger partial charge is 0.245 e. The number of nitrogens with one attached hydrogen (secondary N) is 4. The van der Waals surface area contributed by atoms with Crippen LogP contribution in [0, 0.1) is 5.82 Å². The number of hydrogen-bond donors (Lipinski definition) is 6. The largest absolute Gasteiger partial charge is 0.361 e. The van der Waals surface area contributed by atoms with E-state index >= 15 is 0 Å². The topological polar surface area (TPSA) is 158 Å². The molecule has 3 amide bonds. The summed E-state index contributed by atoms with van der Waals surface area (Å²) in [6.45, 7) is 1.31. The number of halogens is 1. The maximum absolute atomic E-state index is 14.6. The van der Waals surface area contributed by atoms with Gasteiger partial charge in [-0.05, 0) is 92.2 Å². The molecule has 0 saturated heterocycles. The Kier molecular flexibility index (Phi) is 12.8. The lowest BCUT2D eigenvalue weighted by Gasteiger charge is -2.32. The van der Waals surface area contributed by atoms with Gasteiger partial charge in [0.1, 0.15) is 17.9 Å². The number of carbonyl (C=O) groups excluding carboxylic acids is 3. The molecule has 1 aromatic heterocycles. The average Bonchev–Trinajstić information content (AvgIpc) is 3.52. The summed E-state index contributed by atoms with van der Waals surface area (Å²) in [5, 5.41) is 10.4. The van der Waals surface area contributed by atoms with Gasteiger partial charge in [-0.3, -0.25) is 14.4 Å². The maximum atomic E-state index is 14.6. The van der Waals surface area contributed by atoms with E-state index in [1.165, 1.54) is 28.8 Å². The van der Waals surface area contributed by atoms with Gasteiger partial charge in [-0.15, -0.1) is 0 Å². The van der Waals surface area contributed by atoms with Crippen molar-refractivity contribution in [3.63, 3.8) is 0 Å². The maximum Gasteiger partial charge on any atom is 0.245 e. The van der Waals surface area contributed by atoms with Crippen LogP contribution < -0.4 is 27.4 Å². The van der Waals surface area contributed by atoms with Gasteiger partial charge in [0.05, 0.1) is 6.04 Å². The van der Waals surface area contributed by atoms with Gasteiger partial charge in [0.25, 0.3) is 0 Å². The van der Waals surface area contributed by atoms with E-state index in [2.05, 4.69) is 20.9 Å². The fraction of sp³-hybridized carbons (Fsp3) is 0.378. The number of para-hydroxylation sites is 1. The van der Waals surface area contributed by atoms with Crippen molar-refractivity contribution >= 4 is 40.4 Å². The number of aromatic nitrogens is 1. The van der Waals surface area contributed by atoms with Crippen LogP contribution in [-0.4, -0.2) is 65.9 Å². The van der Waals surface area contributed by atoms with Crippen LogP contribution in [0.3, 0.4) is 0 Å². The monoisotopic (exact) mass is 687 g/mol. The summed E-state index contributed by atoms with van der Waals surface area (Å²) in [6, 6.07) is 17.7. The zero-order chi connectivity index (χ0) is 34.8. The molecule has 8 N–H and O–H groups in total. The van der Waals surface area contributed by atoms with Gasteiger partial charge < -0.3 is 37.3 Å². The number of nitrogens with zero attached hydrogens (tertiary/aromatic N) is 1. The minimum atomic E-state index is -0.923. The van der Waals surface area contributed by atoms with E-state index in [1.54, 1.807) is 13.1 Å². The number of aromatic amines is 1. The second-order valence-corrected chi connectivity index (χ2v) is 13.5. The molecule has 4 aromatic rings. The molecule has 0 radical (unpaired) electrons. The number of H-pyrrole nitrogens is 1. The molecule has 0 fully saturated rings. The number of carbonyl (C=O) groups is 3. The molecule has 3 atom stereocenters. The molecule has 2 heterocycles. The normalized spacial score (nSPS) is 19.6. The predicted octanol–water partition coefficient (Wildman–Crippen LogP) is 3.97. The third-order valence-electron chi connectivity index (χ3n) is 8.99. The van der Waals surface area contributed by atoms with Crippen LogP contribution in [0.15, 0.2) is 82.7 Å². The summed E-state index contributed by atoms with van der Waals surface area (Å²) in [5.41, 5.74) is 15.0. The molecule has 0 bridgehead atoms. The minimum Gasteiger partial charge on any atom is -0.361 e. The summed E-state index contributed by atoms with van der Waals surface area (Å²) >= 11 is 1.47. The molecule has 12 heteroatoms. The average molecular weight is 688 g/mol. The van der Waals surface area contributed by atoms with Gasteiger partial charge in [0.2, 0.25) is 17.7 Å². The Bertz CT molecular complexity index is 1750. The molecular weight excluding hydrogens is 642 g/mol. The van der Waals surface area contributed by atoms with E-state index in [-0.39, 0.29) is 30.7 Å². The van der Waals surface area contributed by atoms with Crippen molar-refractivity contribution in [1.82, 2.24) is 25.8 Å². The van der Waals surface area contributed by atoms with E-state index in [0.29, 0.717) is 57.3 Å². The lowest BCUT2D eigenvalue weighted by atomic mass is 10.0. The minimum absolute atomic E-state index is 0.0591. The number of amides is 3. The third kappa shape index (κ3) is 9.27. The molecule has 260 valence electrons. The quantitative estimate of drug-likeness (QED) is 0.145. The Labute approximate surface area is 290 Å². The number of rotatable bonds is 9. The van der Waals surface area contributed by atoms with E-state index < -0.39 is 23.9 Å². The van der Waals surface area contributed by atoms with Gasteiger partial charge in [-0.2, -0.15) is 0 Å². The molecule has 5 rings (SSSR count). The van der Waals surface area contributed by atoms with Crippen molar-refractivity contribution < 1.29 is 18.8 Å². The first-order valence-corrected chi connectivity index (χ1v) is 17.7. The summed E-state index contributed by atoms with van der Waals surface area (Å²) < 4.78 is 14.6. The van der Waals surface area contributed by atoms with Gasteiger partial charge in [0.15, 0.2) is 0 Å². The number of hydrogen-bond acceptors (Lipinski definition) is 7. The highest BCUT2D eigenvalue weighted by Gasteiger charge is 2.34. The Hall–Kier alpha value is -4.23. The van der Waals surface area contributed by atoms with Gasteiger partial charge in [0, 0.05) is 53.4 Å². The number of unbranched alkanes of at least 4 members (excludes halogenated alkanes) is 1. The Morgan fingerprint density at radius 3 is 2.39 bits per heavy atom. The highest BCUT2D eigenvalue weighted by atomic mass is 32.2. The number of fused-ring (bicyclic) bond motifs is 3. The van der Waals surface area contributed by atoms with Crippen LogP contribution >= 0.6 is 11.8 Å². The summed E-state index contributed by atoms with van der Waals surface area (Å²) in [7, 11) is 1.60. The molecule has 1 aliphatic heterocycles. The molecule has 10 nitrogen and oxygen atoms in total. The standard InChI is InChI=1S/C37H46FN7O3S/c1-45-32(20-25-22-41-29-11-4-3-10-28(25)29)36(47)43-23-26-19-27(38)15-16-34(26)49-33-14-5-2-9-24(33)21-42-30(13-8-18-40)35(46)44-31(37(45)48)12-6-7-17-39/h2-5,9-11,14-16,19,22,30-32,41-42H,6-8,12-13,17-18,20-21,23,39-40H2,1H3,(H,43,47)(H,44,46)/t30-,31-,32-/m0/s1. The highest BCUT2D eigenvalue weighted by Crippen LogP contribution is 2.33. The molecule has 0 unspecified atom stereocenters. The van der Waals surface area contributed by atoms with Crippen LogP contribution in [0.1, 0.15) is 48.8 Å². The first-order chi connectivity index (χ1) is 23.8. The summed E-state index contributed by atoms with van der Waals surface area (Å²) in [6.07, 6.45) is 4.83. The van der Waals surface area contributed by atoms with Crippen molar-refractivity contribution in [2.45, 2.75) is 79.5 Å². The van der Waals surface area contributed by atoms with Crippen LogP contribution in [-0.2, 0) is 33.9 Å². The van der Waals surface area contributed by atoms with Crippen LogP contribution in [0.25, 0.3) is 10.9 Å². The van der Waals surface area contributed by atoms with Crippen molar-refractivity contribution in [2.75, 3.05) is 20.1 Å². The molecule has 0 saturated carbocycles. The van der Waals surface area contributed by atoms with Crippen LogP contribution in [0.5, 0.6) is 0 Å². The van der Waals surface area contributed by atoms with E-state index in [1.807, 2.05) is 54.7 Å². The number of nitrogens with two attached hydrogens (primary N) is 2. The van der Waals surface area contributed by atoms with Crippen molar-refractivity contribution in [1.29, 1.82) is 0 Å². The molecule has 1 aliphatic rings. The van der Waals surface area contributed by atoms with Crippen molar-refractivity contribution in [2.24, 2.45) is 11.5 Å². The summed E-state index contributed by atoms with van der Waals surface area (Å²) in [5.74, 6) is -1.48. The lowest BCUT2D eigenvalue weighted by Crippen LogP contribution is -2.57. The van der Waals surface area contributed by atoms with Crippen LogP contribution in [0.4, 0.5) is 4.39 Å². The molecular formula is C37H46FN7O3S. The highest BCUT2D eigenvalue weighted by molar-refractivity contribution is 7.99. The predicted molar refractivity (Wildman–Crippen MR) is 191 cm³/mol. The fourth-order valence-corrected chi connectivity index (χ4v) is 7.22. The third-order valence-corrected chi connectivity index (χ3v) is 10.2. The zero-order valence-corrected chi connectivity index (χ0v) is 28.7. The number of likely N-dealkylation sites (N-methyl/N-ethyl adjacent to an activating group) is 1. The Morgan fingerprint density at radius 1 is 0.837 bits per heavy atom. The Balaban J connectivity index is 1.55. The van der Waals surface area contributed by atoms with Gasteiger partial charge >= 0.3 is 0 Å². The van der Waals surface area contributed by atoms with Gasteiger partial charge in [-0.25, -0.2) is 4.39 Å². The van der Waals surface area contributed by atoms with E-state index in [9.17, 15) is 18.8 Å². The fourth-order valence-electron chi connectivity index (χ4n) is 6.17.